The number of benzene rings is 3. The first-order chi connectivity index (χ1) is 18.2. The van der Waals surface area contributed by atoms with Crippen molar-refractivity contribution in [2.45, 2.75) is 70.8 Å². The molecule has 0 spiro atoms. The first-order valence-corrected chi connectivity index (χ1v) is 13.6. The van der Waals surface area contributed by atoms with Crippen molar-refractivity contribution in [3.8, 4) is 11.1 Å². The van der Waals surface area contributed by atoms with Crippen molar-refractivity contribution in [2.24, 2.45) is 0 Å². The van der Waals surface area contributed by atoms with E-state index in [1.807, 2.05) is 6.07 Å². The van der Waals surface area contributed by atoms with E-state index in [2.05, 4.69) is 68.8 Å². The van der Waals surface area contributed by atoms with Crippen LogP contribution in [-0.4, -0.2) is 31.4 Å². The van der Waals surface area contributed by atoms with E-state index in [-0.39, 0.29) is 11.8 Å². The van der Waals surface area contributed by atoms with Gasteiger partial charge in [-0.1, -0.05) is 62.4 Å². The number of methoxy groups -OCH3 is 1. The molecular weight excluding hydrogens is 479 g/mol. The summed E-state index contributed by atoms with van der Waals surface area (Å²) >= 11 is 0. The van der Waals surface area contributed by atoms with Crippen LogP contribution in [0.4, 0.5) is 4.39 Å². The Kier molecular flexibility index (Phi) is 8.39. The third-order valence-electron chi connectivity index (χ3n) is 8.51. The first-order valence-electron chi connectivity index (χ1n) is 13.6. The molecule has 0 amide bonds. The average Bonchev–Trinajstić information content (AvgIpc) is 2.91. The zero-order valence-corrected chi connectivity index (χ0v) is 23.2. The number of hydrogen-bond donors (Lipinski definition) is 1. The summed E-state index contributed by atoms with van der Waals surface area (Å²) in [6.07, 6.45) is 3.00. The van der Waals surface area contributed by atoms with Crippen LogP contribution in [0.1, 0.15) is 72.9 Å². The smallest absolute Gasteiger partial charge is 0.310 e. The second-order valence-electron chi connectivity index (χ2n) is 10.6. The van der Waals surface area contributed by atoms with Gasteiger partial charge in [0, 0.05) is 31.5 Å². The molecule has 0 saturated carbocycles. The van der Waals surface area contributed by atoms with Crippen LogP contribution < -0.4 is 0 Å². The minimum Gasteiger partial charge on any atom is -0.469 e. The number of aryl methyl sites for hydroxylation is 2. The van der Waals surface area contributed by atoms with Gasteiger partial charge in [-0.05, 0) is 77.3 Å². The summed E-state index contributed by atoms with van der Waals surface area (Å²) in [7, 11) is 1.30. The third-order valence-corrected chi connectivity index (χ3v) is 8.51. The first kappa shape index (κ1) is 28.0. The summed E-state index contributed by atoms with van der Waals surface area (Å²) in [5, 5.41) is 11.3. The predicted molar refractivity (Wildman–Crippen MR) is 149 cm³/mol. The molecule has 1 saturated heterocycles. The highest BCUT2D eigenvalue weighted by Gasteiger charge is 2.35. The molecule has 1 heterocycles. The van der Waals surface area contributed by atoms with Crippen molar-refractivity contribution < 1.29 is 23.8 Å². The monoisotopic (exact) mass is 518 g/mol. The molecule has 0 bridgehead atoms. The molecule has 38 heavy (non-hydrogen) atoms. The minimum atomic E-state index is -0.831. The van der Waals surface area contributed by atoms with Crippen LogP contribution >= 0.6 is 0 Å². The standard InChI is InChI=1S/C33H39FO4/c1-6-32(7-2,27-11-13-29(23(4)19-27)33(36)14-16-38-17-15-33)26-10-12-28(22(3)18-26)24-8-9-25(30(34)20-24)21-31(35)37-5/h8-13,18-20,36H,6-7,14-17,21H2,1-5H3. The van der Waals surface area contributed by atoms with Crippen LogP contribution in [0.3, 0.4) is 0 Å². The summed E-state index contributed by atoms with van der Waals surface area (Å²) in [5.74, 6) is -0.868. The summed E-state index contributed by atoms with van der Waals surface area (Å²) in [4.78, 5) is 11.6. The van der Waals surface area contributed by atoms with Crippen LogP contribution in [-0.2, 0) is 31.7 Å². The number of rotatable bonds is 8. The van der Waals surface area contributed by atoms with Gasteiger partial charge in [0.15, 0.2) is 0 Å². The lowest BCUT2D eigenvalue weighted by Gasteiger charge is -2.37. The van der Waals surface area contributed by atoms with Crippen LogP contribution in [0.5, 0.6) is 0 Å². The molecule has 3 aromatic rings. The van der Waals surface area contributed by atoms with Crippen molar-refractivity contribution >= 4 is 5.97 Å². The summed E-state index contributed by atoms with van der Waals surface area (Å²) < 4.78 is 24.9. The topological polar surface area (TPSA) is 55.8 Å². The van der Waals surface area contributed by atoms with E-state index in [1.54, 1.807) is 6.07 Å². The van der Waals surface area contributed by atoms with Crippen molar-refractivity contribution in [2.75, 3.05) is 20.3 Å². The van der Waals surface area contributed by atoms with E-state index in [0.29, 0.717) is 31.6 Å². The van der Waals surface area contributed by atoms with Gasteiger partial charge in [0.25, 0.3) is 0 Å². The van der Waals surface area contributed by atoms with Crippen molar-refractivity contribution in [1.82, 2.24) is 0 Å². The van der Waals surface area contributed by atoms with Gasteiger partial charge >= 0.3 is 5.97 Å². The van der Waals surface area contributed by atoms with Crippen LogP contribution in [0.25, 0.3) is 11.1 Å². The molecule has 0 unspecified atom stereocenters. The Morgan fingerprint density at radius 1 is 0.974 bits per heavy atom. The molecule has 5 heteroatoms. The van der Waals surface area contributed by atoms with Gasteiger partial charge < -0.3 is 14.6 Å². The van der Waals surface area contributed by atoms with Gasteiger partial charge in [-0.2, -0.15) is 0 Å². The highest BCUT2D eigenvalue weighted by molar-refractivity contribution is 5.74. The van der Waals surface area contributed by atoms with Gasteiger partial charge in [-0.25, -0.2) is 4.39 Å². The average molecular weight is 519 g/mol. The van der Waals surface area contributed by atoms with Gasteiger partial charge in [-0.3, -0.25) is 4.79 Å². The maximum absolute atomic E-state index is 14.8. The van der Waals surface area contributed by atoms with Crippen LogP contribution in [0.15, 0.2) is 54.6 Å². The van der Waals surface area contributed by atoms with E-state index in [4.69, 9.17) is 4.74 Å². The highest BCUT2D eigenvalue weighted by Crippen LogP contribution is 2.43. The summed E-state index contributed by atoms with van der Waals surface area (Å²) in [6.45, 7) is 9.75. The Bertz CT molecular complexity index is 1300. The van der Waals surface area contributed by atoms with Gasteiger partial charge in [-0.15, -0.1) is 0 Å². The van der Waals surface area contributed by atoms with Gasteiger partial charge in [0.05, 0.1) is 19.1 Å². The quantitative estimate of drug-likeness (QED) is 0.329. The number of ether oxygens (including phenoxy) is 2. The van der Waals surface area contributed by atoms with Crippen molar-refractivity contribution in [3.63, 3.8) is 0 Å². The molecule has 1 aliphatic rings. The van der Waals surface area contributed by atoms with E-state index in [1.165, 1.54) is 24.3 Å². The molecule has 4 nitrogen and oxygen atoms in total. The molecule has 0 aromatic heterocycles. The van der Waals surface area contributed by atoms with E-state index >= 15 is 0 Å². The molecule has 1 aliphatic heterocycles. The Morgan fingerprint density at radius 2 is 1.61 bits per heavy atom. The van der Waals surface area contributed by atoms with Crippen molar-refractivity contribution in [3.05, 3.63) is 93.8 Å². The maximum atomic E-state index is 14.8. The Morgan fingerprint density at radius 3 is 2.16 bits per heavy atom. The molecule has 1 fully saturated rings. The fourth-order valence-corrected chi connectivity index (χ4v) is 6.07. The summed E-state index contributed by atoms with van der Waals surface area (Å²) in [6, 6.07) is 18.0. The second-order valence-corrected chi connectivity index (χ2v) is 10.6. The number of aliphatic hydroxyl groups is 1. The zero-order chi connectivity index (χ0) is 27.5. The lowest BCUT2D eigenvalue weighted by Crippen LogP contribution is -2.34. The molecule has 0 atom stereocenters. The van der Waals surface area contributed by atoms with Gasteiger partial charge in [0.1, 0.15) is 5.82 Å². The maximum Gasteiger partial charge on any atom is 0.310 e. The number of carbonyl (C=O) groups is 1. The zero-order valence-electron chi connectivity index (χ0n) is 23.2. The fraction of sp³-hybridized carbons (Fsp3) is 0.424. The fourth-order valence-electron chi connectivity index (χ4n) is 6.07. The Hall–Kier alpha value is -3.02. The molecule has 1 N–H and O–H groups in total. The number of esters is 1. The largest absolute Gasteiger partial charge is 0.469 e. The lowest BCUT2D eigenvalue weighted by molar-refractivity contribution is -0.139. The van der Waals surface area contributed by atoms with Crippen molar-refractivity contribution in [1.29, 1.82) is 0 Å². The molecule has 0 aliphatic carbocycles. The van der Waals surface area contributed by atoms with Gasteiger partial charge in [0.2, 0.25) is 0 Å². The number of carbonyl (C=O) groups excluding carboxylic acids is 1. The highest BCUT2D eigenvalue weighted by atomic mass is 19.1. The minimum absolute atomic E-state index is 0.0839. The Balaban J connectivity index is 1.68. The third kappa shape index (κ3) is 5.27. The number of halogens is 1. The predicted octanol–water partition coefficient (Wildman–Crippen LogP) is 6.93. The van der Waals surface area contributed by atoms with Crippen LogP contribution in [0.2, 0.25) is 0 Å². The number of hydrogen-bond acceptors (Lipinski definition) is 4. The lowest BCUT2D eigenvalue weighted by atomic mass is 9.69. The molecule has 202 valence electrons. The molecule has 0 radical (unpaired) electrons. The van der Waals surface area contributed by atoms with E-state index in [0.717, 1.165) is 40.7 Å². The SMILES string of the molecule is CCC(CC)(c1ccc(-c2ccc(CC(=O)OC)c(F)c2)c(C)c1)c1ccc(C2(O)CCOCC2)c(C)c1. The molecular formula is C33H39FO4. The molecule has 3 aromatic carbocycles. The summed E-state index contributed by atoms with van der Waals surface area (Å²) in [5.41, 5.74) is 6.70. The van der Waals surface area contributed by atoms with E-state index in [9.17, 15) is 14.3 Å². The Labute approximate surface area is 225 Å². The molecule has 4 rings (SSSR count). The van der Waals surface area contributed by atoms with E-state index < -0.39 is 17.4 Å². The van der Waals surface area contributed by atoms with Crippen LogP contribution in [0, 0.1) is 19.7 Å². The normalized spacial score (nSPS) is 15.3. The second kappa shape index (κ2) is 11.4.